The van der Waals surface area contributed by atoms with Gasteiger partial charge in [-0.15, -0.1) is 0 Å². The number of carbonyl (C=O) groups is 3. The molecule has 14 bridgehead atoms. The molecule has 0 unspecified atom stereocenters. The first-order valence-corrected chi connectivity index (χ1v) is 37.3. The molecule has 0 aromatic heterocycles. The van der Waals surface area contributed by atoms with Gasteiger partial charge in [0.1, 0.15) is 40.7 Å². The van der Waals surface area contributed by atoms with Crippen LogP contribution in [0.3, 0.4) is 0 Å². The van der Waals surface area contributed by atoms with Crippen LogP contribution in [0.25, 0.3) is 0 Å². The normalized spacial score (nSPS) is 39.4. The number of anilines is 1. The Labute approximate surface area is 567 Å². The molecule has 15 heteroatoms. The third-order valence-electron chi connectivity index (χ3n) is 26.2. The number of fused-ring (bicyclic) bond motifs is 17. The fraction of sp³-hybridized carbons (Fsp3) is 0.667. The van der Waals surface area contributed by atoms with E-state index in [0.717, 1.165) is 120 Å². The number of rotatable bonds is 6. The van der Waals surface area contributed by atoms with Crippen LogP contribution in [0.15, 0.2) is 60.2 Å². The molecule has 2 spiro atoms. The van der Waals surface area contributed by atoms with Gasteiger partial charge in [-0.2, -0.15) is 0 Å². The molecule has 3 aromatic carbocycles. The zero-order chi connectivity index (χ0) is 66.7. The Kier molecular flexibility index (Phi) is 19.6. The molecule has 0 saturated heterocycles. The second-order valence-electron chi connectivity index (χ2n) is 32.2. The number of carbonyl (C=O) groups excluding carboxylic acids is 3. The Morgan fingerprint density at radius 2 is 1.55 bits per heavy atom. The predicted octanol–water partition coefficient (Wildman–Crippen LogP) is 11.1. The lowest BCUT2D eigenvalue weighted by atomic mass is 9.48. The van der Waals surface area contributed by atoms with Crippen LogP contribution < -0.4 is 15.4 Å². The fourth-order valence-electron chi connectivity index (χ4n) is 20.9. The second-order valence-corrected chi connectivity index (χ2v) is 32.2. The van der Waals surface area contributed by atoms with Crippen LogP contribution in [-0.4, -0.2) is 122 Å². The number of Topliss-reactive ketones (excluding diaryl/α,β-unsaturated/α-hetero) is 1. The number of esters is 2. The Hall–Kier alpha value is -5.59. The zero-order valence-corrected chi connectivity index (χ0v) is 56.6. The van der Waals surface area contributed by atoms with Crippen LogP contribution in [-0.2, 0) is 42.1 Å². The van der Waals surface area contributed by atoms with E-state index in [9.17, 15) is 45.3 Å². The third-order valence-corrected chi connectivity index (χ3v) is 26.2. The average molecular weight is 1310 g/mol. The molecule has 9 N–H and O–H groups in total. The van der Waals surface area contributed by atoms with Gasteiger partial charge in [0.05, 0.1) is 42.7 Å². The van der Waals surface area contributed by atoms with Gasteiger partial charge in [0.2, 0.25) is 0 Å². The monoisotopic (exact) mass is 1310 g/mol. The van der Waals surface area contributed by atoms with Gasteiger partial charge in [0.15, 0.2) is 0 Å². The van der Waals surface area contributed by atoms with Crippen molar-refractivity contribution in [3.05, 3.63) is 99.1 Å². The van der Waals surface area contributed by atoms with E-state index in [4.69, 9.17) is 14.2 Å². The SMILES string of the molecule is CNC[C@@H]1CC[C@@]2(C#CC3CCC(CC3)OC[C@@H](O)[C@](C)(O)CNc3cc([C@@H]4C#C[C@@H]5CC(=O)Oc6c5cc(c(O)c6C5CCCCC5)C[C@H]5OC(=O)/C(=C\[C@@H](O)[C@@]6(CCC[C@H](CCO)C6)c6cccc(c6)C[C@H]6C(=O)CC[C@H]7[C@@H]6C[C@H]6CCCC[C@@H]6[C@@]57O)C4)cc(c3)[C@H]2O)C1. The molecule has 7 fully saturated rings. The van der Waals surface area contributed by atoms with Crippen LogP contribution in [0.2, 0.25) is 0 Å². The van der Waals surface area contributed by atoms with Crippen LogP contribution in [0.5, 0.6) is 11.5 Å². The highest BCUT2D eigenvalue weighted by Crippen LogP contribution is 2.60. The Balaban J connectivity index is 1.00. The van der Waals surface area contributed by atoms with Gasteiger partial charge in [-0.1, -0.05) is 105 Å². The minimum absolute atomic E-state index is 0.0218. The predicted molar refractivity (Wildman–Crippen MR) is 365 cm³/mol. The molecule has 5 aliphatic heterocycles. The molecule has 7 aliphatic carbocycles. The summed E-state index contributed by atoms with van der Waals surface area (Å²) in [5.74, 6) is 11.1. The Morgan fingerprint density at radius 3 is 2.36 bits per heavy atom. The molecule has 0 radical (unpaired) electrons. The zero-order valence-electron chi connectivity index (χ0n) is 56.6. The number of aliphatic hydroxyl groups is 6. The maximum Gasteiger partial charge on any atom is 0.334 e. The Bertz CT molecular complexity index is 3560. The fourth-order valence-corrected chi connectivity index (χ4v) is 20.9. The summed E-state index contributed by atoms with van der Waals surface area (Å²) >= 11 is 0. The van der Waals surface area contributed by atoms with E-state index < -0.39 is 82.1 Å². The maximum absolute atomic E-state index is 16.8. The van der Waals surface area contributed by atoms with Gasteiger partial charge in [0, 0.05) is 71.5 Å². The van der Waals surface area contributed by atoms with Crippen LogP contribution in [0.4, 0.5) is 5.69 Å². The highest BCUT2D eigenvalue weighted by molar-refractivity contribution is 5.89. The molecular formula is C81H104N2O13. The summed E-state index contributed by atoms with van der Waals surface area (Å²) in [6.45, 7) is 2.14. The maximum atomic E-state index is 16.8. The molecule has 12 aliphatic rings. The average Bonchev–Trinajstić information content (AvgIpc) is 0.787. The topological polar surface area (TPSA) is 245 Å². The number of benzene rings is 3. The summed E-state index contributed by atoms with van der Waals surface area (Å²) in [4.78, 5) is 46.0. The van der Waals surface area contributed by atoms with Crippen molar-refractivity contribution in [2.75, 3.05) is 38.7 Å². The van der Waals surface area contributed by atoms with E-state index in [0.29, 0.717) is 90.6 Å². The summed E-state index contributed by atoms with van der Waals surface area (Å²) in [5.41, 5.74) is 0.133. The van der Waals surface area contributed by atoms with Gasteiger partial charge >= 0.3 is 11.9 Å². The van der Waals surface area contributed by atoms with Crippen molar-refractivity contribution in [2.24, 2.45) is 52.8 Å². The molecule has 516 valence electrons. The number of phenolic OH excluding ortho intramolecular Hbond substituents is 1. The number of aliphatic hydroxyl groups excluding tert-OH is 4. The van der Waals surface area contributed by atoms with E-state index in [1.54, 1.807) is 13.0 Å². The molecular weight excluding hydrogens is 1210 g/mol. The molecule has 15 rings (SSSR count). The third kappa shape index (κ3) is 13.1. The lowest BCUT2D eigenvalue weighted by Gasteiger charge is -2.59. The van der Waals surface area contributed by atoms with E-state index in [1.807, 2.05) is 37.4 Å². The number of phenols is 1. The number of ether oxygens (including phenoxy) is 3. The number of ketones is 1. The van der Waals surface area contributed by atoms with Crippen LogP contribution >= 0.6 is 0 Å². The minimum Gasteiger partial charge on any atom is -0.507 e. The highest BCUT2D eigenvalue weighted by atomic mass is 16.6. The molecule has 17 atom stereocenters. The molecule has 96 heavy (non-hydrogen) atoms. The molecule has 5 heterocycles. The first-order chi connectivity index (χ1) is 46.3. The smallest absolute Gasteiger partial charge is 0.334 e. The van der Waals surface area contributed by atoms with Crippen molar-refractivity contribution in [1.82, 2.24) is 5.32 Å². The summed E-state index contributed by atoms with van der Waals surface area (Å²) in [5, 5.41) is 96.3. The highest BCUT2D eigenvalue weighted by Gasteiger charge is 2.63. The number of hydrogen-bond donors (Lipinski definition) is 9. The van der Waals surface area contributed by atoms with Gasteiger partial charge in [-0.25, -0.2) is 4.79 Å². The van der Waals surface area contributed by atoms with Crippen molar-refractivity contribution in [2.45, 2.75) is 252 Å². The van der Waals surface area contributed by atoms with Gasteiger partial charge in [-0.05, 0) is 223 Å². The molecule has 15 nitrogen and oxygen atoms in total. The number of nitrogens with one attached hydrogen (secondary N) is 2. The number of aromatic hydroxyl groups is 1. The van der Waals surface area contributed by atoms with E-state index >= 15 is 4.79 Å². The van der Waals surface area contributed by atoms with Gasteiger partial charge in [0.25, 0.3) is 0 Å². The van der Waals surface area contributed by atoms with E-state index in [2.05, 4.69) is 52.5 Å². The first-order valence-electron chi connectivity index (χ1n) is 37.3. The first kappa shape index (κ1) is 67.6. The summed E-state index contributed by atoms with van der Waals surface area (Å²) in [7, 11) is 1.95. The van der Waals surface area contributed by atoms with Crippen LogP contribution in [0.1, 0.15) is 237 Å². The van der Waals surface area contributed by atoms with E-state index in [-0.39, 0.29) is 110 Å². The van der Waals surface area contributed by atoms with Gasteiger partial charge < -0.3 is 60.6 Å². The minimum atomic E-state index is -1.68. The molecule has 0 amide bonds. The standard InChI is InChI=1S/C81H104N2O13/c1-78(92)47-83-61-36-56(35-58(37-61)76(90)79(30-26-51(43-79)45-82-2)29-25-48-17-21-62(22-18-48)94-46-70(78)87)53-19-20-54-42-72(88)96-75-63(54)39-57(74(89)73(75)52-12-4-3-5-13-52)41-71-81(93)66-16-7-6-14-55(66)38-64-65(68(85)24-23-67(64)81)33-50-10-8-15-60(32-50)80(28-9-11-49(44-80)27-31-84)69(86)40-59(34-53)77(91)95-71/h8,10,15,32,35-37,39-40,48-49,51-55,62,64-67,69-71,76,82-84,86-87,89-90,92-93H,3-7,9,11-14,16-18,21-24,26-28,30-31,33-34,38,41-47H2,1-2H3/b59-40-/t48?,49-,51-,53-,54-,55-,62?,64-,65-,66+,67+,69-,70-,71-,76-,78-,79+,80-,81+/m1/s1. The summed E-state index contributed by atoms with van der Waals surface area (Å²) in [6, 6.07) is 16.0. The molecule has 7 saturated carbocycles. The summed E-state index contributed by atoms with van der Waals surface area (Å²) < 4.78 is 20.0. The van der Waals surface area contributed by atoms with Crippen molar-refractivity contribution < 1.29 is 64.3 Å². The summed E-state index contributed by atoms with van der Waals surface area (Å²) in [6.07, 6.45) is 14.5. The largest absolute Gasteiger partial charge is 0.507 e. The quantitative estimate of drug-likeness (QED) is 0.0633. The molecule has 3 aromatic rings. The van der Waals surface area contributed by atoms with Crippen molar-refractivity contribution in [1.29, 1.82) is 0 Å². The lowest BCUT2D eigenvalue weighted by Crippen LogP contribution is -2.65. The van der Waals surface area contributed by atoms with Gasteiger partial charge in [-0.3, -0.25) is 9.59 Å². The van der Waals surface area contributed by atoms with Crippen LogP contribution in [0, 0.1) is 76.4 Å². The second kappa shape index (κ2) is 27.8. The van der Waals surface area contributed by atoms with Crippen molar-refractivity contribution in [3.63, 3.8) is 0 Å². The van der Waals surface area contributed by atoms with E-state index in [1.165, 1.54) is 0 Å². The van der Waals surface area contributed by atoms with Crippen molar-refractivity contribution in [3.8, 4) is 35.2 Å². The van der Waals surface area contributed by atoms with Crippen molar-refractivity contribution >= 4 is 23.4 Å². The Morgan fingerprint density at radius 1 is 0.760 bits per heavy atom. The lowest BCUT2D eigenvalue weighted by molar-refractivity contribution is -0.228. The number of hydrogen-bond acceptors (Lipinski definition) is 15.